The molecule has 1 heteroatoms. The van der Waals surface area contributed by atoms with Gasteiger partial charge in [-0.2, -0.15) is 0 Å². The van der Waals surface area contributed by atoms with E-state index >= 15 is 0 Å². The fourth-order valence-electron chi connectivity index (χ4n) is 1.57. The maximum Gasteiger partial charge on any atom is 0.0770 e. The molecule has 1 nitrogen and oxygen atoms in total. The Bertz CT molecular complexity index is 212. The quantitative estimate of drug-likeness (QED) is 0.427. The van der Waals surface area contributed by atoms with Crippen LogP contribution in [-0.4, -0.2) is 12.2 Å². The average Bonchev–Trinajstić information content (AvgIpc) is 2.09. The topological polar surface area (TPSA) is 9.23 Å². The third-order valence-electron chi connectivity index (χ3n) is 2.52. The lowest BCUT2D eigenvalue weighted by Crippen LogP contribution is -2.32. The predicted molar refractivity (Wildman–Crippen MR) is 50.7 cm³/mol. The molecular formula is C11H16O. The fourth-order valence-corrected chi connectivity index (χ4v) is 1.57. The summed E-state index contributed by atoms with van der Waals surface area (Å²) >= 11 is 0. The van der Waals surface area contributed by atoms with Crippen LogP contribution in [0.1, 0.15) is 26.7 Å². The summed E-state index contributed by atoms with van der Waals surface area (Å²) in [7, 11) is 0. The molecule has 0 radical (unpaired) electrons. The molecule has 0 aliphatic carbocycles. The average molecular weight is 164 g/mol. The van der Waals surface area contributed by atoms with Gasteiger partial charge in [-0.15, -0.1) is 6.42 Å². The summed E-state index contributed by atoms with van der Waals surface area (Å²) in [5.74, 6) is 2.99. The van der Waals surface area contributed by atoms with Crippen molar-refractivity contribution < 1.29 is 4.74 Å². The summed E-state index contributed by atoms with van der Waals surface area (Å²) < 4.78 is 5.68. The smallest absolute Gasteiger partial charge is 0.0770 e. The van der Waals surface area contributed by atoms with Gasteiger partial charge >= 0.3 is 0 Å². The van der Waals surface area contributed by atoms with Gasteiger partial charge in [-0.1, -0.05) is 19.4 Å². The van der Waals surface area contributed by atoms with E-state index in [4.69, 9.17) is 11.2 Å². The van der Waals surface area contributed by atoms with E-state index in [2.05, 4.69) is 19.4 Å². The van der Waals surface area contributed by atoms with E-state index in [-0.39, 0.29) is 12.0 Å². The molecule has 0 N–H and O–H groups in total. The van der Waals surface area contributed by atoms with Crippen LogP contribution in [0.5, 0.6) is 0 Å². The third-order valence-corrected chi connectivity index (χ3v) is 2.52. The predicted octanol–water partition coefficient (Wildman–Crippen LogP) is 2.38. The van der Waals surface area contributed by atoms with Crippen LogP contribution in [0.4, 0.5) is 0 Å². The molecule has 0 bridgehead atoms. The molecule has 1 fully saturated rings. The van der Waals surface area contributed by atoms with Crippen molar-refractivity contribution in [2.45, 2.75) is 38.9 Å². The van der Waals surface area contributed by atoms with Crippen molar-refractivity contribution in [3.05, 3.63) is 12.2 Å². The molecule has 0 amide bonds. The van der Waals surface area contributed by atoms with Gasteiger partial charge in [-0.3, -0.25) is 0 Å². The Labute approximate surface area is 74.8 Å². The Morgan fingerprint density at radius 2 is 2.42 bits per heavy atom. The van der Waals surface area contributed by atoms with Gasteiger partial charge < -0.3 is 4.74 Å². The van der Waals surface area contributed by atoms with Crippen molar-refractivity contribution >= 4 is 0 Å². The molecule has 0 spiro atoms. The minimum absolute atomic E-state index is 0.129. The summed E-state index contributed by atoms with van der Waals surface area (Å²) in [5, 5.41) is 0. The van der Waals surface area contributed by atoms with E-state index < -0.39 is 0 Å². The zero-order valence-corrected chi connectivity index (χ0v) is 7.84. The number of hydrogen-bond donors (Lipinski definition) is 0. The van der Waals surface area contributed by atoms with E-state index in [1.165, 1.54) is 0 Å². The summed E-state index contributed by atoms with van der Waals surface area (Å²) in [4.78, 5) is 0. The van der Waals surface area contributed by atoms with Crippen molar-refractivity contribution in [1.82, 2.24) is 0 Å². The normalized spacial score (nSPS) is 36.1. The first-order valence-corrected chi connectivity index (χ1v) is 4.49. The van der Waals surface area contributed by atoms with Crippen molar-refractivity contribution in [3.8, 4) is 12.3 Å². The van der Waals surface area contributed by atoms with E-state index in [0.717, 1.165) is 18.4 Å². The first-order valence-electron chi connectivity index (χ1n) is 4.49. The minimum atomic E-state index is 0.129. The lowest BCUT2D eigenvalue weighted by atomic mass is 9.88. The molecule has 0 aromatic heterocycles. The molecule has 0 aromatic rings. The highest BCUT2D eigenvalue weighted by Crippen LogP contribution is 2.29. The maximum atomic E-state index is 5.68. The molecule has 1 heterocycles. The standard InChI is InChI=1S/C11H16O/c1-5-10-7-11(6-2)12-9(4)8(10)3/h1,9-11H,3,6-7H2,2,4H3/t9?,10-,11+/m1/s1. The molecule has 3 atom stereocenters. The van der Waals surface area contributed by atoms with Gasteiger partial charge in [0.25, 0.3) is 0 Å². The third kappa shape index (κ3) is 1.70. The Hall–Kier alpha value is -0.740. The van der Waals surface area contributed by atoms with Crippen molar-refractivity contribution in [2.75, 3.05) is 0 Å². The van der Waals surface area contributed by atoms with E-state index in [1.54, 1.807) is 0 Å². The molecule has 1 unspecified atom stereocenters. The van der Waals surface area contributed by atoms with Gasteiger partial charge in [0.1, 0.15) is 0 Å². The van der Waals surface area contributed by atoms with Crippen LogP contribution in [0.2, 0.25) is 0 Å². The maximum absolute atomic E-state index is 5.68. The summed E-state index contributed by atoms with van der Waals surface area (Å²) in [5.41, 5.74) is 1.06. The van der Waals surface area contributed by atoms with Crippen molar-refractivity contribution in [2.24, 2.45) is 5.92 Å². The van der Waals surface area contributed by atoms with E-state index in [0.29, 0.717) is 6.10 Å². The number of rotatable bonds is 1. The second kappa shape index (κ2) is 3.78. The first-order chi connectivity index (χ1) is 5.69. The molecule has 12 heavy (non-hydrogen) atoms. The molecule has 1 aliphatic heterocycles. The largest absolute Gasteiger partial charge is 0.371 e. The molecule has 0 saturated carbocycles. The van der Waals surface area contributed by atoms with E-state index in [1.807, 2.05) is 6.92 Å². The van der Waals surface area contributed by atoms with Crippen LogP contribution >= 0.6 is 0 Å². The highest BCUT2D eigenvalue weighted by molar-refractivity contribution is 5.19. The number of terminal acetylenes is 1. The van der Waals surface area contributed by atoms with Crippen LogP contribution < -0.4 is 0 Å². The van der Waals surface area contributed by atoms with Gasteiger partial charge in [0, 0.05) is 5.92 Å². The Kier molecular flexibility index (Phi) is 2.94. The molecule has 0 aromatic carbocycles. The number of hydrogen-bond acceptors (Lipinski definition) is 1. The van der Waals surface area contributed by atoms with Gasteiger partial charge in [0.05, 0.1) is 12.2 Å². The second-order valence-corrected chi connectivity index (χ2v) is 3.34. The minimum Gasteiger partial charge on any atom is -0.371 e. The molecular weight excluding hydrogens is 148 g/mol. The lowest BCUT2D eigenvalue weighted by Gasteiger charge is -2.33. The zero-order valence-electron chi connectivity index (χ0n) is 7.84. The Morgan fingerprint density at radius 3 is 2.92 bits per heavy atom. The van der Waals surface area contributed by atoms with Gasteiger partial charge in [-0.25, -0.2) is 0 Å². The van der Waals surface area contributed by atoms with Gasteiger partial charge in [0.2, 0.25) is 0 Å². The first kappa shape index (κ1) is 9.35. The lowest BCUT2D eigenvalue weighted by molar-refractivity contribution is -0.0200. The summed E-state index contributed by atoms with van der Waals surface area (Å²) in [6.07, 6.45) is 7.84. The van der Waals surface area contributed by atoms with E-state index in [9.17, 15) is 0 Å². The molecule has 1 saturated heterocycles. The molecule has 1 aliphatic rings. The monoisotopic (exact) mass is 164 g/mol. The molecule has 66 valence electrons. The fraction of sp³-hybridized carbons (Fsp3) is 0.636. The van der Waals surface area contributed by atoms with Gasteiger partial charge in [0.15, 0.2) is 0 Å². The van der Waals surface area contributed by atoms with Crippen LogP contribution in [-0.2, 0) is 4.74 Å². The summed E-state index contributed by atoms with van der Waals surface area (Å²) in [6, 6.07) is 0. The summed E-state index contributed by atoms with van der Waals surface area (Å²) in [6.45, 7) is 8.10. The second-order valence-electron chi connectivity index (χ2n) is 3.34. The SMILES string of the molecule is C#C[C@@H]1C[C@H](CC)OC(C)C1=C. The highest BCUT2D eigenvalue weighted by Gasteiger charge is 2.27. The van der Waals surface area contributed by atoms with Crippen LogP contribution in [0.25, 0.3) is 0 Å². The Balaban J connectivity index is 2.66. The van der Waals surface area contributed by atoms with Crippen LogP contribution in [0.3, 0.4) is 0 Å². The van der Waals surface area contributed by atoms with Crippen LogP contribution in [0, 0.1) is 18.3 Å². The zero-order chi connectivity index (χ0) is 9.14. The number of ether oxygens (including phenoxy) is 1. The van der Waals surface area contributed by atoms with Crippen molar-refractivity contribution in [1.29, 1.82) is 0 Å². The Morgan fingerprint density at radius 1 is 1.75 bits per heavy atom. The molecule has 1 rings (SSSR count). The highest BCUT2D eigenvalue weighted by atomic mass is 16.5. The van der Waals surface area contributed by atoms with Crippen LogP contribution in [0.15, 0.2) is 12.2 Å². The van der Waals surface area contributed by atoms with Crippen molar-refractivity contribution in [3.63, 3.8) is 0 Å². The van der Waals surface area contributed by atoms with Gasteiger partial charge in [-0.05, 0) is 25.3 Å².